The minimum absolute atomic E-state index is 0.0858. The number of β-amino-alcohol motifs (C(OH)–C–C–N with tert-alkyl or cyclic N) is 1. The molecule has 2 N–H and O–H groups in total. The van der Waals surface area contributed by atoms with Crippen LogP contribution in [0.25, 0.3) is 11.4 Å². The lowest BCUT2D eigenvalue weighted by atomic mass is 10.0. The van der Waals surface area contributed by atoms with Crippen molar-refractivity contribution in [2.45, 2.75) is 37.6 Å². The zero-order valence-corrected chi connectivity index (χ0v) is 20.5. The van der Waals surface area contributed by atoms with E-state index >= 15 is 0 Å². The van der Waals surface area contributed by atoms with Gasteiger partial charge in [0, 0.05) is 37.9 Å². The summed E-state index contributed by atoms with van der Waals surface area (Å²) in [4.78, 5) is 32.2. The first-order valence-corrected chi connectivity index (χ1v) is 12.2. The third kappa shape index (κ3) is 5.55. The van der Waals surface area contributed by atoms with Crippen molar-refractivity contribution in [3.8, 4) is 11.4 Å². The maximum absolute atomic E-state index is 13.4. The smallest absolute Gasteiger partial charge is 0.392 e. The second kappa shape index (κ2) is 10.2. The number of aliphatic hydroxyl groups excluding tert-OH is 1. The average molecular weight is 530 g/mol. The number of likely N-dealkylation sites (tertiary alicyclic amines) is 1. The molecule has 9 nitrogen and oxygen atoms in total. The van der Waals surface area contributed by atoms with E-state index in [1.807, 2.05) is 17.0 Å². The predicted molar refractivity (Wildman–Crippen MR) is 130 cm³/mol. The van der Waals surface area contributed by atoms with Gasteiger partial charge >= 0.3 is 12.1 Å². The van der Waals surface area contributed by atoms with Gasteiger partial charge in [0.05, 0.1) is 25.0 Å². The summed E-state index contributed by atoms with van der Waals surface area (Å²) < 4.78 is 43.3. The zero-order chi connectivity index (χ0) is 27.0. The molecule has 0 saturated carbocycles. The van der Waals surface area contributed by atoms with E-state index in [1.54, 1.807) is 42.3 Å². The number of nitrogens with zero attached hydrogens (tertiary/aromatic N) is 4. The van der Waals surface area contributed by atoms with Crippen molar-refractivity contribution in [1.29, 1.82) is 0 Å². The van der Waals surface area contributed by atoms with Crippen LogP contribution in [0.2, 0.25) is 0 Å². The maximum atomic E-state index is 13.4. The molecule has 0 aliphatic carbocycles. The molecule has 200 valence electrons. The van der Waals surface area contributed by atoms with Gasteiger partial charge in [-0.05, 0) is 35.2 Å². The van der Waals surface area contributed by atoms with Crippen LogP contribution in [0.15, 0.2) is 47.0 Å². The number of alkyl halides is 3. The fourth-order valence-corrected chi connectivity index (χ4v) is 4.86. The Labute approximate surface area is 216 Å². The number of anilines is 1. The highest BCUT2D eigenvalue weighted by molar-refractivity contribution is 5.99. The molecule has 0 bridgehead atoms. The lowest BCUT2D eigenvalue weighted by Gasteiger charge is -2.32. The van der Waals surface area contributed by atoms with Gasteiger partial charge in [-0.3, -0.25) is 14.5 Å². The lowest BCUT2D eigenvalue weighted by molar-refractivity contribution is -0.159. The molecule has 1 fully saturated rings. The second-order valence-corrected chi connectivity index (χ2v) is 9.66. The van der Waals surface area contributed by atoms with Crippen LogP contribution < -0.4 is 5.32 Å². The number of carbonyl (C=O) groups is 2. The molecule has 0 radical (unpaired) electrons. The lowest BCUT2D eigenvalue weighted by Crippen LogP contribution is -2.39. The average Bonchev–Trinajstić information content (AvgIpc) is 3.61. The zero-order valence-electron chi connectivity index (χ0n) is 20.5. The summed E-state index contributed by atoms with van der Waals surface area (Å²) in [6.07, 6.45) is -4.18. The highest BCUT2D eigenvalue weighted by Gasteiger charge is 2.38. The van der Waals surface area contributed by atoms with E-state index in [1.165, 1.54) is 0 Å². The Morgan fingerprint density at radius 2 is 2.11 bits per heavy atom. The topological polar surface area (TPSA) is 112 Å². The van der Waals surface area contributed by atoms with Crippen LogP contribution in [0.4, 0.5) is 18.9 Å². The third-order valence-corrected chi connectivity index (χ3v) is 6.89. The summed E-state index contributed by atoms with van der Waals surface area (Å²) >= 11 is 0. The molecule has 12 heteroatoms. The molecule has 38 heavy (non-hydrogen) atoms. The monoisotopic (exact) mass is 529 g/mol. The normalized spacial score (nSPS) is 18.3. The fraction of sp³-hybridized carbons (Fsp3) is 0.385. The van der Waals surface area contributed by atoms with E-state index in [9.17, 15) is 27.9 Å². The molecule has 0 unspecified atom stereocenters. The van der Waals surface area contributed by atoms with Crippen molar-refractivity contribution in [3.05, 3.63) is 65.0 Å². The number of hydrogen-bond donors (Lipinski definition) is 2. The number of rotatable bonds is 7. The number of amides is 2. The van der Waals surface area contributed by atoms with Crippen molar-refractivity contribution in [2.75, 3.05) is 32.0 Å². The Morgan fingerprint density at radius 1 is 1.29 bits per heavy atom. The van der Waals surface area contributed by atoms with E-state index in [2.05, 4.69) is 20.0 Å². The van der Waals surface area contributed by atoms with Crippen LogP contribution in [-0.4, -0.2) is 69.6 Å². The van der Waals surface area contributed by atoms with Crippen molar-refractivity contribution < 1.29 is 32.4 Å². The summed E-state index contributed by atoms with van der Waals surface area (Å²) in [5.74, 6) is -1.90. The van der Waals surface area contributed by atoms with Crippen LogP contribution in [0, 0.1) is 0 Å². The Kier molecular flexibility index (Phi) is 6.93. The van der Waals surface area contributed by atoms with E-state index in [4.69, 9.17) is 0 Å². The van der Waals surface area contributed by atoms with Gasteiger partial charge in [-0.15, -0.1) is 0 Å². The highest BCUT2D eigenvalue weighted by atomic mass is 19.4. The van der Waals surface area contributed by atoms with E-state index in [0.717, 1.165) is 11.1 Å². The SMILES string of the molecule is CN(C(=O)Cc1ccc2c(c1)NC(=O)C2)[C@H](CN1CC[C@H](O)C1)c1cccc(-c2noc(C(F)(F)F)n2)c1. The summed E-state index contributed by atoms with van der Waals surface area (Å²) in [7, 11) is 1.68. The number of benzene rings is 2. The van der Waals surface area contributed by atoms with Crippen LogP contribution >= 0.6 is 0 Å². The molecule has 2 aromatic carbocycles. The molecule has 2 amide bonds. The molecule has 3 aromatic rings. The molecule has 2 aliphatic rings. The minimum atomic E-state index is -4.75. The first kappa shape index (κ1) is 25.9. The summed E-state index contributed by atoms with van der Waals surface area (Å²) in [5.41, 5.74) is 3.34. The summed E-state index contributed by atoms with van der Waals surface area (Å²) in [6.45, 7) is 1.54. The largest absolute Gasteiger partial charge is 0.471 e. The molecule has 2 aliphatic heterocycles. The van der Waals surface area contributed by atoms with Gasteiger partial charge in [0.2, 0.25) is 17.6 Å². The van der Waals surface area contributed by atoms with Gasteiger partial charge in [0.1, 0.15) is 0 Å². The molecule has 1 aromatic heterocycles. The van der Waals surface area contributed by atoms with Crippen molar-refractivity contribution >= 4 is 17.5 Å². The van der Waals surface area contributed by atoms with E-state index < -0.39 is 24.2 Å². The van der Waals surface area contributed by atoms with Gasteiger partial charge in [-0.1, -0.05) is 35.5 Å². The Balaban J connectivity index is 1.40. The third-order valence-electron chi connectivity index (χ3n) is 6.89. The van der Waals surface area contributed by atoms with Crippen LogP contribution in [0.5, 0.6) is 0 Å². The molecule has 1 saturated heterocycles. The summed E-state index contributed by atoms with van der Waals surface area (Å²) in [5, 5.41) is 16.3. The van der Waals surface area contributed by atoms with Gasteiger partial charge in [0.15, 0.2) is 0 Å². The van der Waals surface area contributed by atoms with Crippen molar-refractivity contribution in [1.82, 2.24) is 19.9 Å². The van der Waals surface area contributed by atoms with E-state index in [0.29, 0.717) is 49.3 Å². The predicted octanol–water partition coefficient (Wildman–Crippen LogP) is 3.06. The van der Waals surface area contributed by atoms with Crippen molar-refractivity contribution in [3.63, 3.8) is 0 Å². The number of hydrogen-bond acceptors (Lipinski definition) is 7. The summed E-state index contributed by atoms with van der Waals surface area (Å²) in [6, 6.07) is 11.7. The molecule has 5 rings (SSSR count). The first-order valence-electron chi connectivity index (χ1n) is 12.2. The number of aliphatic hydroxyl groups is 1. The number of halogens is 3. The quantitative estimate of drug-likeness (QED) is 0.484. The Morgan fingerprint density at radius 3 is 2.82 bits per heavy atom. The maximum Gasteiger partial charge on any atom is 0.471 e. The second-order valence-electron chi connectivity index (χ2n) is 9.66. The number of carbonyl (C=O) groups excluding carboxylic acids is 2. The first-order chi connectivity index (χ1) is 18.1. The number of likely N-dealkylation sites (N-methyl/N-ethyl adjacent to an activating group) is 1. The molecule has 0 spiro atoms. The fourth-order valence-electron chi connectivity index (χ4n) is 4.86. The minimum Gasteiger partial charge on any atom is -0.392 e. The number of fused-ring (bicyclic) bond motifs is 1. The Hall–Kier alpha value is -3.77. The van der Waals surface area contributed by atoms with Crippen LogP contribution in [0.3, 0.4) is 0 Å². The number of nitrogens with one attached hydrogen (secondary N) is 1. The molecular weight excluding hydrogens is 503 g/mol. The molecule has 3 heterocycles. The van der Waals surface area contributed by atoms with Gasteiger partial charge in [-0.2, -0.15) is 18.2 Å². The Bertz CT molecular complexity index is 1360. The number of aromatic nitrogens is 2. The van der Waals surface area contributed by atoms with Gasteiger partial charge < -0.3 is 19.8 Å². The van der Waals surface area contributed by atoms with Gasteiger partial charge in [0.25, 0.3) is 0 Å². The van der Waals surface area contributed by atoms with Crippen LogP contribution in [0.1, 0.15) is 35.0 Å². The highest BCUT2D eigenvalue weighted by Crippen LogP contribution is 2.31. The standard InChI is InChI=1S/C26H26F3N5O4/c1-33(23(37)10-15-5-6-16-12-22(36)30-20(16)9-15)21(14-34-8-7-19(35)13-34)17-3-2-4-18(11-17)24-31-25(38-32-24)26(27,28)29/h2-6,9,11,19,21,35H,7-8,10,12-14H2,1H3,(H,30,36)/t19-,21+/m0/s1. The van der Waals surface area contributed by atoms with Gasteiger partial charge in [-0.25, -0.2) is 0 Å². The van der Waals surface area contributed by atoms with Crippen LogP contribution in [-0.2, 0) is 28.6 Å². The molecular formula is C26H26F3N5O4. The van der Waals surface area contributed by atoms with E-state index in [-0.39, 0.29) is 24.1 Å². The molecule has 2 atom stereocenters. The van der Waals surface area contributed by atoms with Crippen molar-refractivity contribution in [2.24, 2.45) is 0 Å².